The van der Waals surface area contributed by atoms with Crippen molar-refractivity contribution in [1.82, 2.24) is 15.5 Å². The summed E-state index contributed by atoms with van der Waals surface area (Å²) in [6.07, 6.45) is 8.71. The second-order valence-electron chi connectivity index (χ2n) is 6.01. The Hall–Kier alpha value is -0.420. The van der Waals surface area contributed by atoms with Crippen molar-refractivity contribution in [3.8, 4) is 0 Å². The number of unbranched alkanes of at least 4 members (excludes halogenated alkanes) is 1. The first kappa shape index (κ1) is 18.6. The largest absolute Gasteiger partial charge is 0.356 e. The molecule has 1 aliphatic rings. The van der Waals surface area contributed by atoms with Crippen molar-refractivity contribution < 1.29 is 0 Å². The van der Waals surface area contributed by atoms with Crippen molar-refractivity contribution >= 4 is 17.7 Å². The number of rotatable bonds is 8. The number of nitrogens with zero attached hydrogens (tertiary/aromatic N) is 2. The molecule has 124 valence electrons. The molecule has 1 saturated heterocycles. The minimum atomic E-state index is 0.565. The molecule has 0 saturated carbocycles. The van der Waals surface area contributed by atoms with Crippen LogP contribution in [-0.4, -0.2) is 61.6 Å². The molecule has 1 fully saturated rings. The highest BCUT2D eigenvalue weighted by molar-refractivity contribution is 7.98. The number of likely N-dealkylation sites (tertiary alicyclic amines) is 1. The maximum Gasteiger partial charge on any atom is 0.191 e. The molecule has 21 heavy (non-hydrogen) atoms. The first-order chi connectivity index (χ1) is 10.2. The number of hydrogen-bond acceptors (Lipinski definition) is 3. The van der Waals surface area contributed by atoms with E-state index in [-0.39, 0.29) is 0 Å². The predicted octanol–water partition coefficient (Wildman–Crippen LogP) is 2.56. The molecule has 2 unspecified atom stereocenters. The molecular weight excluding hydrogens is 280 g/mol. The number of aliphatic imine (C=N–C) groups is 1. The van der Waals surface area contributed by atoms with E-state index in [0.29, 0.717) is 6.04 Å². The van der Waals surface area contributed by atoms with Crippen LogP contribution in [0.1, 0.15) is 46.0 Å². The zero-order valence-electron chi connectivity index (χ0n) is 14.3. The monoisotopic (exact) mass is 314 g/mol. The van der Waals surface area contributed by atoms with Crippen LogP contribution in [0.5, 0.6) is 0 Å². The fraction of sp³-hybridized carbons (Fsp3) is 0.938. The third-order valence-corrected chi connectivity index (χ3v) is 4.97. The van der Waals surface area contributed by atoms with E-state index in [0.717, 1.165) is 25.1 Å². The maximum absolute atomic E-state index is 4.31. The molecule has 4 nitrogen and oxygen atoms in total. The lowest BCUT2D eigenvalue weighted by Crippen LogP contribution is -2.50. The molecule has 0 aromatic rings. The van der Waals surface area contributed by atoms with E-state index < -0.39 is 0 Å². The van der Waals surface area contributed by atoms with Gasteiger partial charge in [0, 0.05) is 32.2 Å². The average Bonchev–Trinajstić information content (AvgIpc) is 2.50. The van der Waals surface area contributed by atoms with E-state index in [4.69, 9.17) is 0 Å². The number of hydrogen-bond donors (Lipinski definition) is 2. The molecule has 1 aliphatic heterocycles. The minimum Gasteiger partial charge on any atom is -0.356 e. The SMILES string of the molecule is CN=C(NCCCCSC)NCC(C)N1CCCCC1C. The second kappa shape index (κ2) is 11.2. The Labute approximate surface area is 135 Å². The smallest absolute Gasteiger partial charge is 0.191 e. The molecule has 0 bridgehead atoms. The van der Waals surface area contributed by atoms with E-state index in [2.05, 4.69) is 40.6 Å². The van der Waals surface area contributed by atoms with Gasteiger partial charge in [-0.3, -0.25) is 9.89 Å². The van der Waals surface area contributed by atoms with Gasteiger partial charge in [0.05, 0.1) is 0 Å². The molecule has 0 radical (unpaired) electrons. The summed E-state index contributed by atoms with van der Waals surface area (Å²) in [5, 5.41) is 6.88. The fourth-order valence-electron chi connectivity index (χ4n) is 2.94. The zero-order valence-corrected chi connectivity index (χ0v) is 15.1. The Balaban J connectivity index is 2.21. The Bertz CT molecular complexity index is 296. The third kappa shape index (κ3) is 7.41. The van der Waals surface area contributed by atoms with Crippen LogP contribution in [0.4, 0.5) is 0 Å². The van der Waals surface area contributed by atoms with E-state index in [1.165, 1.54) is 44.4 Å². The van der Waals surface area contributed by atoms with Gasteiger partial charge in [0.25, 0.3) is 0 Å². The van der Waals surface area contributed by atoms with Gasteiger partial charge in [-0.1, -0.05) is 6.42 Å². The molecule has 0 spiro atoms. The van der Waals surface area contributed by atoms with Gasteiger partial charge in [-0.25, -0.2) is 0 Å². The Kier molecular flexibility index (Phi) is 9.92. The summed E-state index contributed by atoms with van der Waals surface area (Å²) in [6.45, 7) is 7.89. The molecule has 0 aromatic carbocycles. The summed E-state index contributed by atoms with van der Waals surface area (Å²) < 4.78 is 0. The van der Waals surface area contributed by atoms with Crippen LogP contribution in [0, 0.1) is 0 Å². The summed E-state index contributed by atoms with van der Waals surface area (Å²) in [6, 6.07) is 1.28. The normalized spacial score (nSPS) is 22.1. The van der Waals surface area contributed by atoms with Gasteiger partial charge >= 0.3 is 0 Å². The Morgan fingerprint density at radius 3 is 2.81 bits per heavy atom. The molecular formula is C16H34N4S. The van der Waals surface area contributed by atoms with Crippen LogP contribution in [0.25, 0.3) is 0 Å². The van der Waals surface area contributed by atoms with Gasteiger partial charge in [-0.05, 0) is 58.1 Å². The van der Waals surface area contributed by atoms with Gasteiger partial charge < -0.3 is 10.6 Å². The molecule has 1 rings (SSSR count). The lowest BCUT2D eigenvalue weighted by Gasteiger charge is -2.38. The molecule has 2 N–H and O–H groups in total. The van der Waals surface area contributed by atoms with Crippen LogP contribution in [0.15, 0.2) is 4.99 Å². The Morgan fingerprint density at radius 2 is 2.14 bits per heavy atom. The summed E-state index contributed by atoms with van der Waals surface area (Å²) in [7, 11) is 1.85. The average molecular weight is 315 g/mol. The second-order valence-corrected chi connectivity index (χ2v) is 7.00. The molecule has 0 aliphatic carbocycles. The van der Waals surface area contributed by atoms with Crippen LogP contribution in [0.3, 0.4) is 0 Å². The molecule has 5 heteroatoms. The lowest BCUT2D eigenvalue weighted by atomic mass is 10.0. The highest BCUT2D eigenvalue weighted by Crippen LogP contribution is 2.18. The van der Waals surface area contributed by atoms with Gasteiger partial charge in [0.15, 0.2) is 5.96 Å². The van der Waals surface area contributed by atoms with Crippen LogP contribution >= 0.6 is 11.8 Å². The number of guanidine groups is 1. The first-order valence-corrected chi connectivity index (χ1v) is 9.77. The maximum atomic E-state index is 4.31. The quantitative estimate of drug-likeness (QED) is 0.410. The van der Waals surface area contributed by atoms with Crippen molar-refractivity contribution in [2.45, 2.75) is 58.0 Å². The number of thioether (sulfide) groups is 1. The van der Waals surface area contributed by atoms with Crippen molar-refractivity contribution in [2.75, 3.05) is 38.7 Å². The number of nitrogens with one attached hydrogen (secondary N) is 2. The summed E-state index contributed by atoms with van der Waals surface area (Å²) in [4.78, 5) is 6.94. The molecule has 0 aromatic heterocycles. The van der Waals surface area contributed by atoms with E-state index in [1.807, 2.05) is 18.8 Å². The summed E-state index contributed by atoms with van der Waals surface area (Å²) in [5.74, 6) is 2.19. The fourth-order valence-corrected chi connectivity index (χ4v) is 3.43. The summed E-state index contributed by atoms with van der Waals surface area (Å²) in [5.41, 5.74) is 0. The van der Waals surface area contributed by atoms with E-state index in [9.17, 15) is 0 Å². The molecule has 0 amide bonds. The third-order valence-electron chi connectivity index (χ3n) is 4.28. The summed E-state index contributed by atoms with van der Waals surface area (Å²) >= 11 is 1.92. The van der Waals surface area contributed by atoms with Gasteiger partial charge in [0.2, 0.25) is 0 Å². The zero-order chi connectivity index (χ0) is 15.5. The van der Waals surface area contributed by atoms with Gasteiger partial charge in [-0.15, -0.1) is 0 Å². The Morgan fingerprint density at radius 1 is 1.33 bits per heavy atom. The van der Waals surface area contributed by atoms with E-state index in [1.54, 1.807) is 0 Å². The van der Waals surface area contributed by atoms with Crippen molar-refractivity contribution in [3.05, 3.63) is 0 Å². The van der Waals surface area contributed by atoms with Crippen molar-refractivity contribution in [2.24, 2.45) is 4.99 Å². The van der Waals surface area contributed by atoms with Crippen molar-refractivity contribution in [3.63, 3.8) is 0 Å². The van der Waals surface area contributed by atoms with Crippen LogP contribution in [-0.2, 0) is 0 Å². The standard InChI is InChI=1S/C16H34N4S/c1-14-9-5-7-11-20(14)15(2)13-19-16(17-3)18-10-6-8-12-21-4/h14-15H,5-13H2,1-4H3,(H2,17,18,19). The lowest BCUT2D eigenvalue weighted by molar-refractivity contribution is 0.115. The first-order valence-electron chi connectivity index (χ1n) is 8.38. The topological polar surface area (TPSA) is 39.7 Å². The minimum absolute atomic E-state index is 0.565. The van der Waals surface area contributed by atoms with Crippen LogP contribution in [0.2, 0.25) is 0 Å². The molecule has 1 heterocycles. The number of piperidine rings is 1. The highest BCUT2D eigenvalue weighted by Gasteiger charge is 2.22. The van der Waals surface area contributed by atoms with E-state index >= 15 is 0 Å². The van der Waals surface area contributed by atoms with Crippen molar-refractivity contribution in [1.29, 1.82) is 0 Å². The highest BCUT2D eigenvalue weighted by atomic mass is 32.2. The van der Waals surface area contributed by atoms with Gasteiger partial charge in [-0.2, -0.15) is 11.8 Å². The van der Waals surface area contributed by atoms with Gasteiger partial charge in [0.1, 0.15) is 0 Å². The van der Waals surface area contributed by atoms with Crippen LogP contribution < -0.4 is 10.6 Å². The predicted molar refractivity (Wildman–Crippen MR) is 96.5 cm³/mol. The molecule has 2 atom stereocenters.